The third-order valence-corrected chi connectivity index (χ3v) is 3.91. The topological polar surface area (TPSA) is 82.7 Å². The maximum atomic E-state index is 12.9. The zero-order chi connectivity index (χ0) is 18.5. The Morgan fingerprint density at radius 3 is 2.44 bits per heavy atom. The Hall–Kier alpha value is -2.34. The molecule has 4 rings (SSSR count). The van der Waals surface area contributed by atoms with Crippen LogP contribution in [0.1, 0.15) is 11.4 Å². The van der Waals surface area contributed by atoms with Gasteiger partial charge in [0.15, 0.2) is 11.0 Å². The van der Waals surface area contributed by atoms with Crippen LogP contribution >= 0.6 is 0 Å². The molecule has 0 spiro atoms. The zero-order valence-corrected chi connectivity index (χ0v) is 15.8. The molecule has 2 heterocycles. The van der Waals surface area contributed by atoms with Crippen molar-refractivity contribution in [1.82, 2.24) is 9.97 Å². The summed E-state index contributed by atoms with van der Waals surface area (Å²) in [7, 11) is 0. The van der Waals surface area contributed by atoms with Crippen LogP contribution in [0, 0.1) is 11.3 Å². The monoisotopic (exact) mass is 395 g/mol. The second kappa shape index (κ2) is 7.00. The quantitative estimate of drug-likeness (QED) is 0.497. The molecule has 0 aliphatic carbocycles. The summed E-state index contributed by atoms with van der Waals surface area (Å²) in [5.74, 6) is -0.984. The molecule has 2 aromatic heterocycles. The average Bonchev–Trinajstić information content (AvgIpc) is 3.07. The number of halogens is 3. The molecule has 0 atom stereocenters. The number of rotatable bonds is 1. The van der Waals surface area contributed by atoms with E-state index in [2.05, 4.69) is 9.97 Å². The van der Waals surface area contributed by atoms with Crippen molar-refractivity contribution in [2.75, 3.05) is 0 Å². The standard InChI is InChI=1S/C18H8F3N3O2.Ca/c19-18(20,21)17-23-12-6-5-11-13(25)7-14(26-16(11)15(12)24-17)10-3-1-9(8-22)2-4-10;/h1-7H,(H,23,24);. The molecular weight excluding hydrogens is 387 g/mol. The first-order chi connectivity index (χ1) is 12.4. The van der Waals surface area contributed by atoms with Gasteiger partial charge in [-0.25, -0.2) is 4.98 Å². The maximum absolute atomic E-state index is 12.9. The van der Waals surface area contributed by atoms with Gasteiger partial charge in [0.1, 0.15) is 11.3 Å². The van der Waals surface area contributed by atoms with Crippen molar-refractivity contribution >= 4 is 59.7 Å². The Labute approximate surface area is 179 Å². The first kappa shape index (κ1) is 19.4. The number of alkyl halides is 3. The number of imidazole rings is 1. The van der Waals surface area contributed by atoms with E-state index in [1.54, 1.807) is 24.3 Å². The van der Waals surface area contributed by atoms with Gasteiger partial charge in [0.25, 0.3) is 0 Å². The summed E-state index contributed by atoms with van der Waals surface area (Å²) in [4.78, 5) is 18.1. The van der Waals surface area contributed by atoms with Crippen LogP contribution in [-0.2, 0) is 6.18 Å². The molecular formula is C18H8CaF3N3O2. The molecule has 2 radical (unpaired) electrons. The van der Waals surface area contributed by atoms with Crippen molar-refractivity contribution in [3.05, 3.63) is 64.1 Å². The van der Waals surface area contributed by atoms with E-state index in [9.17, 15) is 18.0 Å². The fourth-order valence-corrected chi connectivity index (χ4v) is 2.67. The Kier molecular flexibility index (Phi) is 5.04. The molecule has 0 aliphatic rings. The Bertz CT molecular complexity index is 1250. The van der Waals surface area contributed by atoms with Gasteiger partial charge in [-0.05, 0) is 36.4 Å². The van der Waals surface area contributed by atoms with Crippen LogP contribution in [0.15, 0.2) is 51.7 Å². The van der Waals surface area contributed by atoms with Crippen LogP contribution in [0.4, 0.5) is 13.2 Å². The van der Waals surface area contributed by atoms with Crippen molar-refractivity contribution < 1.29 is 17.6 Å². The maximum Gasteiger partial charge on any atom is 0.449 e. The molecule has 0 saturated carbocycles. The summed E-state index contributed by atoms with van der Waals surface area (Å²) in [6.07, 6.45) is -4.64. The molecule has 0 saturated heterocycles. The minimum atomic E-state index is -4.64. The van der Waals surface area contributed by atoms with Crippen molar-refractivity contribution in [3.63, 3.8) is 0 Å². The third kappa shape index (κ3) is 3.46. The summed E-state index contributed by atoms with van der Waals surface area (Å²) in [5, 5.41) is 8.98. The van der Waals surface area contributed by atoms with Gasteiger partial charge in [-0.1, -0.05) is 0 Å². The number of aromatic nitrogens is 2. The molecule has 0 fully saturated rings. The Morgan fingerprint density at radius 1 is 1.11 bits per heavy atom. The average molecular weight is 395 g/mol. The van der Waals surface area contributed by atoms with Crippen molar-refractivity contribution in [3.8, 4) is 17.4 Å². The van der Waals surface area contributed by atoms with Crippen LogP contribution < -0.4 is 5.43 Å². The normalized spacial score (nSPS) is 11.3. The van der Waals surface area contributed by atoms with Gasteiger partial charge >= 0.3 is 6.18 Å². The van der Waals surface area contributed by atoms with E-state index in [1.165, 1.54) is 18.2 Å². The smallest absolute Gasteiger partial charge is 0.449 e. The number of fused-ring (bicyclic) bond motifs is 3. The van der Waals surface area contributed by atoms with E-state index >= 15 is 0 Å². The molecule has 130 valence electrons. The number of nitrogens with zero attached hydrogens (tertiary/aromatic N) is 2. The molecule has 0 aliphatic heterocycles. The van der Waals surface area contributed by atoms with E-state index in [4.69, 9.17) is 9.68 Å². The van der Waals surface area contributed by atoms with Gasteiger partial charge < -0.3 is 9.40 Å². The van der Waals surface area contributed by atoms with E-state index < -0.39 is 17.4 Å². The van der Waals surface area contributed by atoms with Crippen molar-refractivity contribution in [1.29, 1.82) is 5.26 Å². The van der Waals surface area contributed by atoms with Crippen LogP contribution in [-0.4, -0.2) is 47.7 Å². The second-order valence-electron chi connectivity index (χ2n) is 5.59. The van der Waals surface area contributed by atoms with Gasteiger partial charge in [-0.15, -0.1) is 0 Å². The number of benzene rings is 2. The van der Waals surface area contributed by atoms with Crippen molar-refractivity contribution in [2.45, 2.75) is 6.18 Å². The SMILES string of the molecule is N#Cc1ccc(-c2cc(=O)c3ccc4[nH]c(C(F)(F)F)nc4c3o2)cc1.[Ca]. The first-order valence-electron chi connectivity index (χ1n) is 7.41. The minimum absolute atomic E-state index is 0. The molecule has 2 aromatic carbocycles. The largest absolute Gasteiger partial charge is 0.453 e. The summed E-state index contributed by atoms with van der Waals surface area (Å²) in [6.45, 7) is 0. The van der Waals surface area contributed by atoms with Crippen LogP contribution in [0.3, 0.4) is 0 Å². The molecule has 1 N–H and O–H groups in total. The van der Waals surface area contributed by atoms with Crippen LogP contribution in [0.5, 0.6) is 0 Å². The Morgan fingerprint density at radius 2 is 1.81 bits per heavy atom. The first-order valence-corrected chi connectivity index (χ1v) is 7.41. The predicted octanol–water partition coefficient (Wildman–Crippen LogP) is 3.85. The summed E-state index contributed by atoms with van der Waals surface area (Å²) in [6, 6.07) is 12.3. The molecule has 4 aromatic rings. The summed E-state index contributed by atoms with van der Waals surface area (Å²) < 4.78 is 44.4. The van der Waals surface area contributed by atoms with Gasteiger partial charge in [-0.2, -0.15) is 18.4 Å². The van der Waals surface area contributed by atoms with Gasteiger partial charge in [-0.3, -0.25) is 4.79 Å². The van der Waals surface area contributed by atoms with Gasteiger partial charge in [0.05, 0.1) is 22.5 Å². The fourth-order valence-electron chi connectivity index (χ4n) is 2.67. The minimum Gasteiger partial charge on any atom is -0.453 e. The van der Waals surface area contributed by atoms with Crippen molar-refractivity contribution in [2.24, 2.45) is 0 Å². The summed E-state index contributed by atoms with van der Waals surface area (Å²) >= 11 is 0. The van der Waals surface area contributed by atoms with Crippen LogP contribution in [0.2, 0.25) is 0 Å². The molecule has 27 heavy (non-hydrogen) atoms. The van der Waals surface area contributed by atoms with Crippen LogP contribution in [0.25, 0.3) is 33.3 Å². The zero-order valence-electron chi connectivity index (χ0n) is 13.6. The number of nitrogens with one attached hydrogen (secondary N) is 1. The third-order valence-electron chi connectivity index (χ3n) is 3.91. The Balaban J connectivity index is 0.00000210. The summed E-state index contributed by atoms with van der Waals surface area (Å²) in [5.41, 5.74) is 0.575. The number of nitriles is 1. The molecule has 0 amide bonds. The van der Waals surface area contributed by atoms with E-state index in [0.29, 0.717) is 11.1 Å². The van der Waals surface area contributed by atoms with Gasteiger partial charge in [0, 0.05) is 49.4 Å². The molecule has 5 nitrogen and oxygen atoms in total. The van der Waals surface area contributed by atoms with E-state index in [0.717, 1.165) is 0 Å². The number of hydrogen-bond donors (Lipinski definition) is 1. The van der Waals surface area contributed by atoms with E-state index in [1.807, 2.05) is 6.07 Å². The van der Waals surface area contributed by atoms with E-state index in [-0.39, 0.29) is 65.5 Å². The molecule has 0 unspecified atom stereocenters. The fraction of sp³-hybridized carbons (Fsp3) is 0.0556. The van der Waals surface area contributed by atoms with Gasteiger partial charge in [0.2, 0.25) is 5.82 Å². The number of aromatic amines is 1. The number of hydrogen-bond acceptors (Lipinski definition) is 4. The second-order valence-corrected chi connectivity index (χ2v) is 5.59. The number of H-pyrrole nitrogens is 1. The predicted molar refractivity (Wildman–Crippen MR) is 93.0 cm³/mol. The molecule has 9 heteroatoms. The molecule has 0 bridgehead atoms.